The summed E-state index contributed by atoms with van der Waals surface area (Å²) >= 11 is 1.30. The van der Waals surface area contributed by atoms with Crippen molar-refractivity contribution in [3.8, 4) is 0 Å². The van der Waals surface area contributed by atoms with Gasteiger partial charge in [0.25, 0.3) is 0 Å². The van der Waals surface area contributed by atoms with Gasteiger partial charge in [-0.1, -0.05) is 20.8 Å². The predicted octanol–water partition coefficient (Wildman–Crippen LogP) is 1.81. The lowest BCUT2D eigenvalue weighted by Gasteiger charge is -2.20. The van der Waals surface area contributed by atoms with Crippen molar-refractivity contribution >= 4 is 21.4 Å². The van der Waals surface area contributed by atoms with Gasteiger partial charge in [0.05, 0.1) is 6.61 Å². The lowest BCUT2D eigenvalue weighted by Crippen LogP contribution is -2.41. The minimum absolute atomic E-state index is 0.172. The van der Waals surface area contributed by atoms with E-state index in [1.165, 1.54) is 11.3 Å². The van der Waals surface area contributed by atoms with Gasteiger partial charge in [-0.2, -0.15) is 0 Å². The molecule has 0 aliphatic carbocycles. The molecule has 1 aromatic rings. The Balaban J connectivity index is 2.79. The molecule has 0 aromatic carbocycles. The average molecular weight is 320 g/mol. The summed E-state index contributed by atoms with van der Waals surface area (Å²) in [6, 6.07) is 3.29. The second-order valence-electron chi connectivity index (χ2n) is 4.93. The number of nitrogens with one attached hydrogen (secondary N) is 2. The molecule has 20 heavy (non-hydrogen) atoms. The van der Waals surface area contributed by atoms with Crippen molar-refractivity contribution in [3.05, 3.63) is 17.0 Å². The fraction of sp³-hybridized carbons (Fsp3) is 0.692. The maximum atomic E-state index is 12.3. The van der Waals surface area contributed by atoms with E-state index in [9.17, 15) is 8.42 Å². The van der Waals surface area contributed by atoms with E-state index in [0.717, 1.165) is 11.4 Å². The third-order valence-corrected chi connectivity index (χ3v) is 5.98. The molecule has 7 heteroatoms. The second-order valence-corrected chi connectivity index (χ2v) is 8.04. The Bertz CT molecular complexity index is 497. The van der Waals surface area contributed by atoms with E-state index in [-0.39, 0.29) is 12.0 Å². The van der Waals surface area contributed by atoms with Crippen LogP contribution < -0.4 is 10.0 Å². The average Bonchev–Trinajstić information content (AvgIpc) is 2.85. The smallest absolute Gasteiger partial charge is 0.250 e. The maximum Gasteiger partial charge on any atom is 0.250 e. The molecule has 1 heterocycles. The monoisotopic (exact) mass is 320 g/mol. The highest BCUT2D eigenvalue weighted by Gasteiger charge is 2.23. The zero-order valence-electron chi connectivity index (χ0n) is 12.5. The minimum Gasteiger partial charge on any atom is -0.383 e. The summed E-state index contributed by atoms with van der Waals surface area (Å²) in [6.07, 6.45) is 0. The van der Waals surface area contributed by atoms with E-state index >= 15 is 0 Å². The van der Waals surface area contributed by atoms with Crippen molar-refractivity contribution in [3.63, 3.8) is 0 Å². The topological polar surface area (TPSA) is 67.4 Å². The molecule has 0 saturated heterocycles. The molecule has 0 fully saturated rings. The molecule has 0 aliphatic rings. The number of hydrogen-bond acceptors (Lipinski definition) is 5. The van der Waals surface area contributed by atoms with Gasteiger partial charge in [-0.3, -0.25) is 0 Å². The first kappa shape index (κ1) is 17.6. The van der Waals surface area contributed by atoms with Crippen LogP contribution in [0.15, 0.2) is 16.3 Å². The van der Waals surface area contributed by atoms with Crippen LogP contribution in [0, 0.1) is 5.92 Å². The van der Waals surface area contributed by atoms with Gasteiger partial charge in [-0.05, 0) is 24.6 Å². The van der Waals surface area contributed by atoms with E-state index < -0.39 is 10.0 Å². The lowest BCUT2D eigenvalue weighted by atomic mass is 10.1. The largest absolute Gasteiger partial charge is 0.383 e. The molecule has 0 amide bonds. The van der Waals surface area contributed by atoms with Gasteiger partial charge >= 0.3 is 0 Å². The summed E-state index contributed by atoms with van der Waals surface area (Å²) in [5.41, 5.74) is 0. The number of rotatable bonds is 9. The van der Waals surface area contributed by atoms with Gasteiger partial charge in [0.15, 0.2) is 0 Å². The summed E-state index contributed by atoms with van der Waals surface area (Å²) in [5.74, 6) is 0.172. The van der Waals surface area contributed by atoms with Crippen molar-refractivity contribution in [2.24, 2.45) is 5.92 Å². The summed E-state index contributed by atoms with van der Waals surface area (Å²) in [7, 11) is -1.90. The van der Waals surface area contributed by atoms with Crippen LogP contribution in [-0.2, 0) is 21.3 Å². The lowest BCUT2D eigenvalue weighted by molar-refractivity contribution is 0.157. The number of methoxy groups -OCH3 is 1. The molecule has 0 radical (unpaired) electrons. The Labute approximate surface area is 125 Å². The van der Waals surface area contributed by atoms with Gasteiger partial charge in [0.1, 0.15) is 4.21 Å². The summed E-state index contributed by atoms with van der Waals surface area (Å²) in [4.78, 5) is 1.01. The molecule has 0 spiro atoms. The quantitative estimate of drug-likeness (QED) is 0.728. The van der Waals surface area contributed by atoms with Crippen LogP contribution in [0.3, 0.4) is 0 Å². The van der Waals surface area contributed by atoms with Gasteiger partial charge in [-0.15, -0.1) is 11.3 Å². The Morgan fingerprint density at radius 2 is 2.05 bits per heavy atom. The van der Waals surface area contributed by atoms with E-state index in [0.29, 0.717) is 17.4 Å². The summed E-state index contributed by atoms with van der Waals surface area (Å²) < 4.78 is 32.8. The Hall–Kier alpha value is -0.470. The molecule has 0 aliphatic heterocycles. The molecule has 0 saturated carbocycles. The van der Waals surface area contributed by atoms with Crippen molar-refractivity contribution in [2.75, 3.05) is 20.3 Å². The number of hydrogen-bond donors (Lipinski definition) is 2. The zero-order valence-corrected chi connectivity index (χ0v) is 14.1. The number of ether oxygens (including phenoxy) is 1. The first-order chi connectivity index (χ1) is 9.40. The van der Waals surface area contributed by atoms with Gasteiger partial charge in [0, 0.05) is 24.6 Å². The molecule has 0 bridgehead atoms. The van der Waals surface area contributed by atoms with Crippen LogP contribution in [0.4, 0.5) is 0 Å². The van der Waals surface area contributed by atoms with Crippen LogP contribution in [0.2, 0.25) is 0 Å². The minimum atomic E-state index is -3.47. The Morgan fingerprint density at radius 1 is 1.35 bits per heavy atom. The molecule has 1 aromatic heterocycles. The number of sulfonamides is 1. The van der Waals surface area contributed by atoms with Crippen molar-refractivity contribution in [2.45, 2.75) is 37.6 Å². The first-order valence-corrected chi connectivity index (χ1v) is 9.01. The van der Waals surface area contributed by atoms with Crippen molar-refractivity contribution < 1.29 is 13.2 Å². The predicted molar refractivity (Wildman–Crippen MR) is 82.5 cm³/mol. The van der Waals surface area contributed by atoms with E-state index in [2.05, 4.69) is 10.0 Å². The third kappa shape index (κ3) is 5.14. The van der Waals surface area contributed by atoms with E-state index in [1.54, 1.807) is 13.2 Å². The maximum absolute atomic E-state index is 12.3. The molecule has 1 atom stereocenters. The molecule has 5 nitrogen and oxygen atoms in total. The van der Waals surface area contributed by atoms with Crippen LogP contribution >= 0.6 is 11.3 Å². The third-order valence-electron chi connectivity index (χ3n) is 2.91. The first-order valence-electron chi connectivity index (χ1n) is 6.71. The van der Waals surface area contributed by atoms with Gasteiger partial charge in [0.2, 0.25) is 10.0 Å². The summed E-state index contributed by atoms with van der Waals surface area (Å²) in [5, 5.41) is 3.18. The SMILES string of the molecule is CCNCc1ccc(S(=O)(=O)NC(COC)C(C)C)s1. The van der Waals surface area contributed by atoms with Crippen LogP contribution in [0.25, 0.3) is 0 Å². The second kappa shape index (κ2) is 8.09. The van der Waals surface area contributed by atoms with Gasteiger partial charge in [-0.25, -0.2) is 13.1 Å². The van der Waals surface area contributed by atoms with E-state index in [1.807, 2.05) is 26.8 Å². The fourth-order valence-electron chi connectivity index (χ4n) is 1.65. The van der Waals surface area contributed by atoms with Crippen LogP contribution in [0.5, 0.6) is 0 Å². The van der Waals surface area contributed by atoms with E-state index in [4.69, 9.17) is 4.74 Å². The van der Waals surface area contributed by atoms with Crippen LogP contribution in [0.1, 0.15) is 25.6 Å². The number of thiophene rings is 1. The molecule has 116 valence electrons. The van der Waals surface area contributed by atoms with Crippen LogP contribution in [-0.4, -0.2) is 34.7 Å². The highest BCUT2D eigenvalue weighted by atomic mass is 32.2. The molecular formula is C13H24N2O3S2. The van der Waals surface area contributed by atoms with Gasteiger partial charge < -0.3 is 10.1 Å². The normalized spacial score (nSPS) is 13.8. The zero-order chi connectivity index (χ0) is 15.2. The highest BCUT2D eigenvalue weighted by molar-refractivity contribution is 7.91. The Morgan fingerprint density at radius 3 is 2.60 bits per heavy atom. The molecular weight excluding hydrogens is 296 g/mol. The standard InChI is InChI=1S/C13H24N2O3S2/c1-5-14-8-11-6-7-13(19-11)20(16,17)15-12(9-18-4)10(2)3/h6-7,10,12,14-15H,5,8-9H2,1-4H3. The Kier molecular flexibility index (Phi) is 7.11. The summed E-state index contributed by atoms with van der Waals surface area (Å²) in [6.45, 7) is 7.88. The van der Waals surface area contributed by atoms with Crippen molar-refractivity contribution in [1.82, 2.24) is 10.0 Å². The fourth-order valence-corrected chi connectivity index (χ4v) is 4.36. The van der Waals surface area contributed by atoms with Crippen molar-refractivity contribution in [1.29, 1.82) is 0 Å². The molecule has 1 unspecified atom stereocenters. The molecule has 1 rings (SSSR count). The highest BCUT2D eigenvalue weighted by Crippen LogP contribution is 2.22. The molecule has 2 N–H and O–H groups in total.